The number of aliphatic hydroxyl groups is 1. The first kappa shape index (κ1) is 11.0. The average Bonchev–Trinajstić information content (AvgIpc) is 2.84. The molecule has 1 saturated carbocycles. The highest BCUT2D eigenvalue weighted by atomic mass is 35.5. The van der Waals surface area contributed by atoms with Crippen molar-refractivity contribution < 1.29 is 5.11 Å². The topological polar surface area (TPSA) is 38.0 Å². The Bertz CT molecular complexity index is 343. The lowest BCUT2D eigenvalue weighted by Crippen LogP contribution is -2.06. The molecule has 0 aliphatic heterocycles. The molecule has 0 unspecified atom stereocenters. The number of nitrogens with zero attached hydrogens (tertiary/aromatic N) is 2. The Morgan fingerprint density at radius 1 is 1.47 bits per heavy atom. The van der Waals surface area contributed by atoms with Gasteiger partial charge in [0.15, 0.2) is 0 Å². The van der Waals surface area contributed by atoms with Crippen molar-refractivity contribution in [3.8, 4) is 0 Å². The number of aryl methyl sites for hydroxylation is 1. The molecule has 0 saturated heterocycles. The molecule has 1 heterocycles. The molecule has 0 bridgehead atoms. The minimum Gasteiger partial charge on any atom is -0.391 e. The van der Waals surface area contributed by atoms with E-state index in [4.69, 9.17) is 11.6 Å². The van der Waals surface area contributed by atoms with Gasteiger partial charge in [-0.25, -0.2) is 0 Å². The van der Waals surface area contributed by atoms with Gasteiger partial charge >= 0.3 is 0 Å². The fourth-order valence-electron chi connectivity index (χ4n) is 2.32. The number of halogens is 1. The largest absolute Gasteiger partial charge is 0.391 e. The lowest BCUT2D eigenvalue weighted by molar-refractivity contribution is 0.280. The second kappa shape index (κ2) is 4.54. The molecule has 0 radical (unpaired) electrons. The number of rotatable bonds is 3. The molecule has 1 N–H and O–H groups in total. The van der Waals surface area contributed by atoms with Crippen LogP contribution in [-0.4, -0.2) is 14.9 Å². The van der Waals surface area contributed by atoms with E-state index in [0.29, 0.717) is 11.2 Å². The number of hydrogen-bond acceptors (Lipinski definition) is 2. The first-order valence-corrected chi connectivity index (χ1v) is 6.02. The molecule has 0 atom stereocenters. The summed E-state index contributed by atoms with van der Waals surface area (Å²) in [6.45, 7) is 2.03. The zero-order valence-electron chi connectivity index (χ0n) is 9.04. The number of hydrogen-bond donors (Lipinski definition) is 1. The first-order chi connectivity index (χ1) is 7.27. The summed E-state index contributed by atoms with van der Waals surface area (Å²) in [5, 5.41) is 14.4. The van der Waals surface area contributed by atoms with Crippen molar-refractivity contribution in [3.63, 3.8) is 0 Å². The van der Waals surface area contributed by atoms with Gasteiger partial charge in [-0.2, -0.15) is 5.10 Å². The van der Waals surface area contributed by atoms with E-state index >= 15 is 0 Å². The van der Waals surface area contributed by atoms with E-state index < -0.39 is 0 Å². The molecular weight excluding hydrogens is 212 g/mol. The van der Waals surface area contributed by atoms with Crippen molar-refractivity contribution in [1.29, 1.82) is 0 Å². The van der Waals surface area contributed by atoms with Crippen LogP contribution in [-0.2, 0) is 13.0 Å². The summed E-state index contributed by atoms with van der Waals surface area (Å²) in [6.07, 6.45) is 5.67. The van der Waals surface area contributed by atoms with Gasteiger partial charge in [-0.15, -0.1) is 0 Å². The first-order valence-electron chi connectivity index (χ1n) is 5.64. The van der Waals surface area contributed by atoms with E-state index in [1.807, 2.05) is 11.6 Å². The third-order valence-electron chi connectivity index (χ3n) is 3.19. The lowest BCUT2D eigenvalue weighted by atomic mass is 10.2. The van der Waals surface area contributed by atoms with E-state index in [-0.39, 0.29) is 6.61 Å². The highest BCUT2D eigenvalue weighted by Gasteiger charge is 2.23. The Hall–Kier alpha value is -0.540. The predicted octanol–water partition coefficient (Wildman–Crippen LogP) is 2.71. The third-order valence-corrected chi connectivity index (χ3v) is 3.59. The molecule has 84 valence electrons. The van der Waals surface area contributed by atoms with Crippen molar-refractivity contribution in [2.75, 3.05) is 0 Å². The zero-order chi connectivity index (χ0) is 10.8. The quantitative estimate of drug-likeness (QED) is 0.864. The Balaban J connectivity index is 2.34. The van der Waals surface area contributed by atoms with Gasteiger partial charge in [0.05, 0.1) is 18.3 Å². The van der Waals surface area contributed by atoms with E-state index in [0.717, 1.165) is 30.5 Å². The fraction of sp³-hybridized carbons (Fsp3) is 0.727. The highest BCUT2D eigenvalue weighted by molar-refractivity contribution is 6.30. The van der Waals surface area contributed by atoms with Crippen LogP contribution in [0.5, 0.6) is 0 Å². The van der Waals surface area contributed by atoms with Gasteiger partial charge in [-0.05, 0) is 19.3 Å². The monoisotopic (exact) mass is 228 g/mol. The van der Waals surface area contributed by atoms with Crippen LogP contribution in [0.25, 0.3) is 0 Å². The Labute approximate surface area is 95.0 Å². The average molecular weight is 229 g/mol. The summed E-state index contributed by atoms with van der Waals surface area (Å²) in [6, 6.07) is 0.447. The van der Waals surface area contributed by atoms with Crippen molar-refractivity contribution in [3.05, 3.63) is 16.4 Å². The van der Waals surface area contributed by atoms with Crippen LogP contribution in [0, 0.1) is 0 Å². The number of aromatic nitrogens is 2. The smallest absolute Gasteiger partial charge is 0.133 e. The standard InChI is InChI=1S/C11H17ClN2O/c1-2-10-9(7-15)11(12)14(13-10)8-5-3-4-6-8/h8,15H,2-7H2,1H3. The van der Waals surface area contributed by atoms with Crippen molar-refractivity contribution in [2.45, 2.75) is 51.7 Å². The lowest BCUT2D eigenvalue weighted by Gasteiger charge is -2.10. The van der Waals surface area contributed by atoms with Gasteiger partial charge < -0.3 is 5.11 Å². The van der Waals surface area contributed by atoms with E-state index in [2.05, 4.69) is 5.10 Å². The van der Waals surface area contributed by atoms with E-state index in [1.54, 1.807) is 0 Å². The maximum Gasteiger partial charge on any atom is 0.133 e. The summed E-state index contributed by atoms with van der Waals surface area (Å²) < 4.78 is 1.92. The molecule has 4 heteroatoms. The second-order valence-corrected chi connectivity index (χ2v) is 4.47. The minimum atomic E-state index is -0.00523. The molecular formula is C11H17ClN2O. The van der Waals surface area contributed by atoms with Crippen LogP contribution in [0.3, 0.4) is 0 Å². The van der Waals surface area contributed by atoms with Crippen LogP contribution in [0.2, 0.25) is 5.15 Å². The minimum absolute atomic E-state index is 0.00523. The van der Waals surface area contributed by atoms with Gasteiger partial charge in [0.25, 0.3) is 0 Å². The van der Waals surface area contributed by atoms with Gasteiger partial charge in [0, 0.05) is 5.56 Å². The molecule has 1 aromatic heterocycles. The third kappa shape index (κ3) is 1.91. The normalized spacial score (nSPS) is 17.5. The SMILES string of the molecule is CCc1nn(C2CCCC2)c(Cl)c1CO. The summed E-state index contributed by atoms with van der Waals surface area (Å²) >= 11 is 6.23. The van der Waals surface area contributed by atoms with Gasteiger partial charge in [-0.1, -0.05) is 31.4 Å². The molecule has 1 aliphatic rings. The maximum absolute atomic E-state index is 9.25. The van der Waals surface area contributed by atoms with Gasteiger partial charge in [-0.3, -0.25) is 4.68 Å². The van der Waals surface area contributed by atoms with Crippen molar-refractivity contribution >= 4 is 11.6 Å². The molecule has 15 heavy (non-hydrogen) atoms. The second-order valence-electron chi connectivity index (χ2n) is 4.11. The fourth-order valence-corrected chi connectivity index (χ4v) is 2.67. The Morgan fingerprint density at radius 2 is 2.13 bits per heavy atom. The summed E-state index contributed by atoms with van der Waals surface area (Å²) in [5.41, 5.74) is 1.75. The van der Waals surface area contributed by atoms with Crippen LogP contribution in [0.15, 0.2) is 0 Å². The van der Waals surface area contributed by atoms with E-state index in [9.17, 15) is 5.11 Å². The van der Waals surface area contributed by atoms with Crippen LogP contribution in [0.1, 0.15) is 49.9 Å². The van der Waals surface area contributed by atoms with Crippen LogP contribution >= 0.6 is 11.6 Å². The molecule has 0 spiro atoms. The molecule has 1 aromatic rings. The van der Waals surface area contributed by atoms with Gasteiger partial charge in [0.2, 0.25) is 0 Å². The van der Waals surface area contributed by atoms with Crippen LogP contribution < -0.4 is 0 Å². The molecule has 1 fully saturated rings. The molecule has 0 aromatic carbocycles. The summed E-state index contributed by atoms with van der Waals surface area (Å²) in [5.74, 6) is 0. The maximum atomic E-state index is 9.25. The van der Waals surface area contributed by atoms with Crippen LogP contribution in [0.4, 0.5) is 0 Å². The Morgan fingerprint density at radius 3 is 2.60 bits per heavy atom. The summed E-state index contributed by atoms with van der Waals surface area (Å²) in [7, 11) is 0. The van der Waals surface area contributed by atoms with Crippen molar-refractivity contribution in [2.24, 2.45) is 0 Å². The molecule has 0 amide bonds. The zero-order valence-corrected chi connectivity index (χ0v) is 9.80. The molecule has 2 rings (SSSR count). The highest BCUT2D eigenvalue weighted by Crippen LogP contribution is 2.33. The van der Waals surface area contributed by atoms with Crippen molar-refractivity contribution in [1.82, 2.24) is 9.78 Å². The Kier molecular flexibility index (Phi) is 3.32. The summed E-state index contributed by atoms with van der Waals surface area (Å²) in [4.78, 5) is 0. The molecule has 1 aliphatic carbocycles. The molecule has 3 nitrogen and oxygen atoms in total. The van der Waals surface area contributed by atoms with E-state index in [1.165, 1.54) is 12.8 Å². The predicted molar refractivity (Wildman–Crippen MR) is 60.0 cm³/mol. The van der Waals surface area contributed by atoms with Gasteiger partial charge in [0.1, 0.15) is 5.15 Å². The number of aliphatic hydroxyl groups excluding tert-OH is 1.